The molecular formula is C18H28N2O3. The fourth-order valence-electron chi connectivity index (χ4n) is 2.82. The monoisotopic (exact) mass is 320 g/mol. The summed E-state index contributed by atoms with van der Waals surface area (Å²) in [4.78, 5) is 16.3. The van der Waals surface area contributed by atoms with Crippen LogP contribution in [0, 0.1) is 5.92 Å². The van der Waals surface area contributed by atoms with E-state index in [1.54, 1.807) is 7.11 Å². The van der Waals surface area contributed by atoms with Gasteiger partial charge in [0.1, 0.15) is 18.1 Å². The largest absolute Gasteiger partial charge is 0.497 e. The molecular weight excluding hydrogens is 292 g/mol. The van der Waals surface area contributed by atoms with Gasteiger partial charge in [-0.15, -0.1) is 0 Å². The highest BCUT2D eigenvalue weighted by atomic mass is 16.5. The lowest BCUT2D eigenvalue weighted by Gasteiger charge is -2.32. The van der Waals surface area contributed by atoms with E-state index in [-0.39, 0.29) is 5.91 Å². The van der Waals surface area contributed by atoms with Crippen LogP contribution in [0.5, 0.6) is 11.5 Å². The first-order chi connectivity index (χ1) is 11.1. The molecule has 23 heavy (non-hydrogen) atoms. The van der Waals surface area contributed by atoms with E-state index >= 15 is 0 Å². The van der Waals surface area contributed by atoms with Crippen LogP contribution < -0.4 is 9.47 Å². The van der Waals surface area contributed by atoms with Crippen LogP contribution in [-0.4, -0.2) is 62.7 Å². The van der Waals surface area contributed by atoms with E-state index in [2.05, 4.69) is 6.92 Å². The molecule has 1 aromatic rings. The smallest absolute Gasteiger partial charge is 0.236 e. The van der Waals surface area contributed by atoms with E-state index in [0.29, 0.717) is 19.1 Å². The highest BCUT2D eigenvalue weighted by molar-refractivity contribution is 5.78. The van der Waals surface area contributed by atoms with Crippen LogP contribution in [0.15, 0.2) is 24.3 Å². The van der Waals surface area contributed by atoms with Crippen LogP contribution >= 0.6 is 0 Å². The number of likely N-dealkylation sites (tertiary alicyclic amines) is 1. The minimum Gasteiger partial charge on any atom is -0.497 e. The molecule has 0 spiro atoms. The van der Waals surface area contributed by atoms with Crippen LogP contribution in [-0.2, 0) is 4.79 Å². The molecule has 0 radical (unpaired) electrons. The minimum atomic E-state index is 0.225. The predicted molar refractivity (Wildman–Crippen MR) is 91.0 cm³/mol. The molecule has 128 valence electrons. The van der Waals surface area contributed by atoms with Gasteiger partial charge in [-0.25, -0.2) is 0 Å². The second-order valence-electron chi connectivity index (χ2n) is 6.35. The maximum Gasteiger partial charge on any atom is 0.236 e. The summed E-state index contributed by atoms with van der Waals surface area (Å²) < 4.78 is 10.8. The number of carbonyl (C=O) groups is 1. The number of rotatable bonds is 7. The second-order valence-corrected chi connectivity index (χ2v) is 6.35. The molecule has 1 fully saturated rings. The third kappa shape index (κ3) is 5.75. The van der Waals surface area contributed by atoms with Gasteiger partial charge in [0.05, 0.1) is 13.7 Å². The number of ether oxygens (including phenoxy) is 2. The zero-order valence-electron chi connectivity index (χ0n) is 14.5. The molecule has 0 bridgehead atoms. The van der Waals surface area contributed by atoms with Crippen molar-refractivity contribution in [2.24, 2.45) is 5.92 Å². The van der Waals surface area contributed by atoms with Gasteiger partial charge < -0.3 is 14.4 Å². The standard InChI is InChI=1S/C18H28N2O3/c1-15-5-4-10-20(13-15)18(21)14-19(2)11-12-23-17-8-6-16(22-3)7-9-17/h6-9,15H,4-5,10-14H2,1-3H3. The van der Waals surface area contributed by atoms with Crippen molar-refractivity contribution in [3.63, 3.8) is 0 Å². The number of hydrogen-bond acceptors (Lipinski definition) is 4. The van der Waals surface area contributed by atoms with Gasteiger partial charge in [0, 0.05) is 19.6 Å². The summed E-state index contributed by atoms with van der Waals surface area (Å²) in [6.07, 6.45) is 2.35. The van der Waals surface area contributed by atoms with E-state index in [9.17, 15) is 4.79 Å². The number of nitrogens with zero attached hydrogens (tertiary/aromatic N) is 2. The van der Waals surface area contributed by atoms with Crippen molar-refractivity contribution >= 4 is 5.91 Å². The fraction of sp³-hybridized carbons (Fsp3) is 0.611. The van der Waals surface area contributed by atoms with E-state index < -0.39 is 0 Å². The van der Waals surface area contributed by atoms with Crippen molar-refractivity contribution < 1.29 is 14.3 Å². The summed E-state index contributed by atoms with van der Waals surface area (Å²) in [5, 5.41) is 0. The van der Waals surface area contributed by atoms with Gasteiger partial charge in [0.2, 0.25) is 5.91 Å². The Morgan fingerprint density at radius 3 is 2.65 bits per heavy atom. The van der Waals surface area contributed by atoms with Gasteiger partial charge in [-0.2, -0.15) is 0 Å². The number of carbonyl (C=O) groups excluding carboxylic acids is 1. The number of hydrogen-bond donors (Lipinski definition) is 0. The lowest BCUT2D eigenvalue weighted by Crippen LogP contribution is -2.44. The molecule has 0 N–H and O–H groups in total. The van der Waals surface area contributed by atoms with Gasteiger partial charge in [0.15, 0.2) is 0 Å². The molecule has 5 heteroatoms. The molecule has 1 unspecified atom stereocenters. The maximum atomic E-state index is 12.3. The molecule has 0 aliphatic carbocycles. The SMILES string of the molecule is COc1ccc(OCCN(C)CC(=O)N2CCCC(C)C2)cc1. The number of methoxy groups -OCH3 is 1. The molecule has 1 heterocycles. The maximum absolute atomic E-state index is 12.3. The molecule has 1 atom stereocenters. The summed E-state index contributed by atoms with van der Waals surface area (Å²) in [7, 11) is 3.60. The van der Waals surface area contributed by atoms with Gasteiger partial charge >= 0.3 is 0 Å². The van der Waals surface area contributed by atoms with Crippen LogP contribution in [0.3, 0.4) is 0 Å². The Morgan fingerprint density at radius 1 is 1.30 bits per heavy atom. The average molecular weight is 320 g/mol. The van der Waals surface area contributed by atoms with Crippen LogP contribution in [0.2, 0.25) is 0 Å². The van der Waals surface area contributed by atoms with Crippen molar-refractivity contribution in [2.45, 2.75) is 19.8 Å². The number of amides is 1. The Labute approximate surface area is 139 Å². The third-order valence-electron chi connectivity index (χ3n) is 4.22. The summed E-state index contributed by atoms with van der Waals surface area (Å²) in [6.45, 7) is 5.76. The number of piperidine rings is 1. The van der Waals surface area contributed by atoms with Crippen molar-refractivity contribution in [1.29, 1.82) is 0 Å². The summed E-state index contributed by atoms with van der Waals surface area (Å²) >= 11 is 0. The lowest BCUT2D eigenvalue weighted by atomic mass is 10.0. The van der Waals surface area contributed by atoms with Crippen LogP contribution in [0.25, 0.3) is 0 Å². The third-order valence-corrected chi connectivity index (χ3v) is 4.22. The zero-order chi connectivity index (χ0) is 16.7. The lowest BCUT2D eigenvalue weighted by molar-refractivity contribution is -0.133. The Hall–Kier alpha value is -1.75. The summed E-state index contributed by atoms with van der Waals surface area (Å²) in [5.41, 5.74) is 0. The molecule has 1 aliphatic rings. The molecule has 1 saturated heterocycles. The Bertz CT molecular complexity index is 490. The Kier molecular flexibility index (Phi) is 6.71. The van der Waals surface area contributed by atoms with Crippen molar-refractivity contribution in [3.05, 3.63) is 24.3 Å². The van der Waals surface area contributed by atoms with Crippen LogP contribution in [0.4, 0.5) is 0 Å². The molecule has 0 saturated carbocycles. The predicted octanol–water partition coefficient (Wildman–Crippen LogP) is 2.26. The number of likely N-dealkylation sites (N-methyl/N-ethyl adjacent to an activating group) is 1. The van der Waals surface area contributed by atoms with E-state index in [0.717, 1.165) is 37.6 Å². The highest BCUT2D eigenvalue weighted by Crippen LogP contribution is 2.17. The number of benzene rings is 1. The average Bonchev–Trinajstić information content (AvgIpc) is 2.55. The van der Waals surface area contributed by atoms with E-state index in [1.807, 2.05) is 41.1 Å². The topological polar surface area (TPSA) is 42.0 Å². The molecule has 1 aliphatic heterocycles. The van der Waals surface area contributed by atoms with Crippen molar-refractivity contribution in [2.75, 3.05) is 46.9 Å². The minimum absolute atomic E-state index is 0.225. The van der Waals surface area contributed by atoms with Gasteiger partial charge in [-0.1, -0.05) is 6.92 Å². The highest BCUT2D eigenvalue weighted by Gasteiger charge is 2.21. The summed E-state index contributed by atoms with van der Waals surface area (Å²) in [5.74, 6) is 2.48. The van der Waals surface area contributed by atoms with Crippen molar-refractivity contribution in [3.8, 4) is 11.5 Å². The first-order valence-corrected chi connectivity index (χ1v) is 8.31. The van der Waals surface area contributed by atoms with E-state index in [1.165, 1.54) is 6.42 Å². The molecule has 1 aromatic carbocycles. The molecule has 2 rings (SSSR count). The van der Waals surface area contributed by atoms with Gasteiger partial charge in [-0.05, 0) is 50.1 Å². The van der Waals surface area contributed by atoms with Gasteiger partial charge in [-0.3, -0.25) is 9.69 Å². The van der Waals surface area contributed by atoms with E-state index in [4.69, 9.17) is 9.47 Å². The van der Waals surface area contributed by atoms with Crippen LogP contribution in [0.1, 0.15) is 19.8 Å². The summed E-state index contributed by atoms with van der Waals surface area (Å²) in [6, 6.07) is 7.53. The molecule has 0 aromatic heterocycles. The normalized spacial score (nSPS) is 18.1. The van der Waals surface area contributed by atoms with Gasteiger partial charge in [0.25, 0.3) is 0 Å². The molecule has 1 amide bonds. The van der Waals surface area contributed by atoms with Crippen molar-refractivity contribution in [1.82, 2.24) is 9.80 Å². The first-order valence-electron chi connectivity index (χ1n) is 8.31. The molecule has 5 nitrogen and oxygen atoms in total. The Balaban J connectivity index is 1.67. The zero-order valence-corrected chi connectivity index (χ0v) is 14.5. The second kappa shape index (κ2) is 8.77. The first kappa shape index (κ1) is 17.6. The fourth-order valence-corrected chi connectivity index (χ4v) is 2.82. The Morgan fingerprint density at radius 2 is 2.00 bits per heavy atom. The quantitative estimate of drug-likeness (QED) is 0.773.